The lowest BCUT2D eigenvalue weighted by Crippen LogP contribution is -2.28. The van der Waals surface area contributed by atoms with E-state index in [1.807, 2.05) is 0 Å². The van der Waals surface area contributed by atoms with Gasteiger partial charge in [0.15, 0.2) is 0 Å². The van der Waals surface area contributed by atoms with Crippen molar-refractivity contribution < 1.29 is 9.53 Å². The zero-order valence-electron chi connectivity index (χ0n) is 9.38. The van der Waals surface area contributed by atoms with Crippen molar-refractivity contribution in [2.24, 2.45) is 5.41 Å². The molecule has 0 spiro atoms. The first kappa shape index (κ1) is 13.3. The summed E-state index contributed by atoms with van der Waals surface area (Å²) in [6.07, 6.45) is 0.461. The quantitative estimate of drug-likeness (QED) is 0.620. The van der Waals surface area contributed by atoms with Crippen molar-refractivity contribution in [3.63, 3.8) is 0 Å². The molecule has 0 aliphatic heterocycles. The third-order valence-corrected chi connectivity index (χ3v) is 2.80. The Kier molecular flexibility index (Phi) is 4.16. The summed E-state index contributed by atoms with van der Waals surface area (Å²) in [4.78, 5) is 15.4. The van der Waals surface area contributed by atoms with Crippen molar-refractivity contribution in [3.05, 3.63) is 28.0 Å². The molecule has 0 amide bonds. The SMILES string of the molecule is COC(=O)C(C)(C)Cc1ccc(Cl)nc1Cl. The van der Waals surface area contributed by atoms with Crippen LogP contribution in [0.5, 0.6) is 0 Å². The second-order valence-corrected chi connectivity index (χ2v) is 4.88. The van der Waals surface area contributed by atoms with Crippen LogP contribution in [0.2, 0.25) is 10.3 Å². The first-order valence-electron chi connectivity index (χ1n) is 4.76. The van der Waals surface area contributed by atoms with Gasteiger partial charge >= 0.3 is 5.97 Å². The number of carbonyl (C=O) groups is 1. The Labute approximate surface area is 105 Å². The van der Waals surface area contributed by atoms with Crippen molar-refractivity contribution in [3.8, 4) is 0 Å². The molecule has 0 fully saturated rings. The average Bonchev–Trinajstić information content (AvgIpc) is 2.21. The summed E-state index contributed by atoms with van der Waals surface area (Å²) in [5, 5.41) is 0.661. The van der Waals surface area contributed by atoms with Crippen LogP contribution in [0.1, 0.15) is 19.4 Å². The highest BCUT2D eigenvalue weighted by Gasteiger charge is 2.29. The minimum atomic E-state index is -0.631. The van der Waals surface area contributed by atoms with Gasteiger partial charge in [-0.15, -0.1) is 0 Å². The van der Waals surface area contributed by atoms with Crippen molar-refractivity contribution in [1.82, 2.24) is 4.98 Å². The number of rotatable bonds is 3. The van der Waals surface area contributed by atoms with Crippen LogP contribution < -0.4 is 0 Å². The van der Waals surface area contributed by atoms with Gasteiger partial charge in [0.2, 0.25) is 0 Å². The highest BCUT2D eigenvalue weighted by molar-refractivity contribution is 6.32. The van der Waals surface area contributed by atoms with Crippen molar-refractivity contribution >= 4 is 29.2 Å². The van der Waals surface area contributed by atoms with Gasteiger partial charge in [0.25, 0.3) is 0 Å². The molecule has 0 aromatic carbocycles. The third kappa shape index (κ3) is 3.09. The smallest absolute Gasteiger partial charge is 0.311 e. The maximum Gasteiger partial charge on any atom is 0.311 e. The predicted octanol–water partition coefficient (Wildman–Crippen LogP) is 3.13. The highest BCUT2D eigenvalue weighted by Crippen LogP contribution is 2.27. The molecule has 0 radical (unpaired) electrons. The van der Waals surface area contributed by atoms with Crippen LogP contribution in [0.15, 0.2) is 12.1 Å². The monoisotopic (exact) mass is 261 g/mol. The lowest BCUT2D eigenvalue weighted by molar-refractivity contribution is -0.150. The minimum absolute atomic E-state index is 0.279. The Hall–Kier alpha value is -0.800. The normalized spacial score (nSPS) is 11.3. The summed E-state index contributed by atoms with van der Waals surface area (Å²) < 4.78 is 4.72. The second-order valence-electron chi connectivity index (χ2n) is 4.14. The van der Waals surface area contributed by atoms with Gasteiger partial charge in [-0.2, -0.15) is 0 Å². The number of aromatic nitrogens is 1. The summed E-state index contributed by atoms with van der Waals surface area (Å²) in [5.74, 6) is -0.279. The zero-order valence-corrected chi connectivity index (χ0v) is 10.9. The standard InChI is InChI=1S/C11H13Cl2NO2/c1-11(2,10(15)16-3)6-7-4-5-8(12)14-9(7)13/h4-5H,6H2,1-3H3. The number of carbonyl (C=O) groups excluding carboxylic acids is 1. The molecule has 0 N–H and O–H groups in total. The Morgan fingerprint density at radius 2 is 2.06 bits per heavy atom. The number of pyridine rings is 1. The summed E-state index contributed by atoms with van der Waals surface area (Å²) in [7, 11) is 1.37. The number of methoxy groups -OCH3 is 1. The topological polar surface area (TPSA) is 39.2 Å². The molecular weight excluding hydrogens is 249 g/mol. The number of hydrogen-bond donors (Lipinski definition) is 0. The maximum atomic E-state index is 11.5. The molecule has 0 saturated carbocycles. The van der Waals surface area contributed by atoms with E-state index in [2.05, 4.69) is 4.98 Å². The molecule has 0 aliphatic rings. The first-order valence-corrected chi connectivity index (χ1v) is 5.52. The summed E-state index contributed by atoms with van der Waals surface area (Å²) in [6, 6.07) is 3.42. The van der Waals surface area contributed by atoms with E-state index in [4.69, 9.17) is 27.9 Å². The van der Waals surface area contributed by atoms with E-state index in [0.29, 0.717) is 16.7 Å². The van der Waals surface area contributed by atoms with E-state index in [1.165, 1.54) is 7.11 Å². The number of esters is 1. The Morgan fingerprint density at radius 1 is 1.44 bits per heavy atom. The number of ether oxygens (including phenoxy) is 1. The van der Waals surface area contributed by atoms with E-state index in [1.54, 1.807) is 26.0 Å². The van der Waals surface area contributed by atoms with Crippen LogP contribution in [0.4, 0.5) is 0 Å². The van der Waals surface area contributed by atoms with Crippen molar-refractivity contribution in [2.45, 2.75) is 20.3 Å². The highest BCUT2D eigenvalue weighted by atomic mass is 35.5. The fraction of sp³-hybridized carbons (Fsp3) is 0.455. The fourth-order valence-electron chi connectivity index (χ4n) is 1.40. The van der Waals surface area contributed by atoms with Crippen molar-refractivity contribution in [2.75, 3.05) is 7.11 Å². The molecule has 1 heterocycles. The fourth-order valence-corrected chi connectivity index (χ4v) is 1.81. The zero-order chi connectivity index (χ0) is 12.3. The van der Waals surface area contributed by atoms with Crippen LogP contribution in [0, 0.1) is 5.41 Å². The van der Waals surface area contributed by atoms with Gasteiger partial charge in [-0.1, -0.05) is 29.3 Å². The molecule has 16 heavy (non-hydrogen) atoms. The van der Waals surface area contributed by atoms with E-state index < -0.39 is 5.41 Å². The van der Waals surface area contributed by atoms with Gasteiger partial charge < -0.3 is 4.74 Å². The molecule has 0 unspecified atom stereocenters. The molecule has 0 atom stereocenters. The van der Waals surface area contributed by atoms with Crippen LogP contribution in [-0.4, -0.2) is 18.1 Å². The predicted molar refractivity (Wildman–Crippen MR) is 63.8 cm³/mol. The largest absolute Gasteiger partial charge is 0.469 e. The van der Waals surface area contributed by atoms with Crippen LogP contribution >= 0.6 is 23.2 Å². The molecular formula is C11H13Cl2NO2. The number of nitrogens with zero attached hydrogens (tertiary/aromatic N) is 1. The van der Waals surface area contributed by atoms with Gasteiger partial charge in [0.1, 0.15) is 10.3 Å². The van der Waals surface area contributed by atoms with Crippen LogP contribution in [-0.2, 0) is 16.0 Å². The molecule has 0 aliphatic carbocycles. The average molecular weight is 262 g/mol. The summed E-state index contributed by atoms with van der Waals surface area (Å²) in [6.45, 7) is 3.59. The minimum Gasteiger partial charge on any atom is -0.469 e. The molecule has 1 rings (SSSR count). The van der Waals surface area contributed by atoms with E-state index in [-0.39, 0.29) is 5.97 Å². The van der Waals surface area contributed by atoms with Gasteiger partial charge in [-0.25, -0.2) is 4.98 Å². The van der Waals surface area contributed by atoms with Gasteiger partial charge in [-0.05, 0) is 31.9 Å². The van der Waals surface area contributed by atoms with E-state index in [9.17, 15) is 4.79 Å². The van der Waals surface area contributed by atoms with E-state index in [0.717, 1.165) is 5.56 Å². The van der Waals surface area contributed by atoms with Gasteiger partial charge in [-0.3, -0.25) is 4.79 Å². The number of hydrogen-bond acceptors (Lipinski definition) is 3. The lowest BCUT2D eigenvalue weighted by Gasteiger charge is -2.21. The molecule has 1 aromatic rings. The molecule has 0 bridgehead atoms. The third-order valence-electron chi connectivity index (χ3n) is 2.26. The molecule has 1 aromatic heterocycles. The second kappa shape index (κ2) is 5.02. The van der Waals surface area contributed by atoms with Gasteiger partial charge in [0, 0.05) is 0 Å². The Bertz CT molecular complexity index is 405. The Morgan fingerprint density at radius 3 is 2.56 bits per heavy atom. The maximum absolute atomic E-state index is 11.5. The Balaban J connectivity index is 2.92. The lowest BCUT2D eigenvalue weighted by atomic mass is 9.86. The molecule has 0 saturated heterocycles. The number of halogens is 2. The molecule has 88 valence electrons. The molecule has 5 heteroatoms. The summed E-state index contributed by atoms with van der Waals surface area (Å²) in [5.41, 5.74) is 0.148. The van der Waals surface area contributed by atoms with Gasteiger partial charge in [0.05, 0.1) is 12.5 Å². The first-order chi connectivity index (χ1) is 7.36. The molecule has 3 nitrogen and oxygen atoms in total. The van der Waals surface area contributed by atoms with Crippen LogP contribution in [0.25, 0.3) is 0 Å². The van der Waals surface area contributed by atoms with Crippen molar-refractivity contribution in [1.29, 1.82) is 0 Å². The summed E-state index contributed by atoms with van der Waals surface area (Å²) >= 11 is 11.6. The van der Waals surface area contributed by atoms with Crippen LogP contribution in [0.3, 0.4) is 0 Å². The van der Waals surface area contributed by atoms with E-state index >= 15 is 0 Å².